The standard InChI is InChI=1S/C21H22N6OS/c1-13(2)27-12-17(11-23-27)24-19-9-18(20(14(3)28)26-25-19)22-10-16-6-4-5-15-7-8-29-21(15)16/h4-9,11-13H,10H2,1-3H3,(H2,22,24,25). The molecule has 0 aliphatic rings. The Labute approximate surface area is 172 Å². The van der Waals surface area contributed by atoms with E-state index < -0.39 is 0 Å². The smallest absolute Gasteiger partial charge is 0.182 e. The van der Waals surface area contributed by atoms with Gasteiger partial charge in [0.1, 0.15) is 0 Å². The molecule has 2 N–H and O–H groups in total. The second kappa shape index (κ2) is 8.00. The van der Waals surface area contributed by atoms with Crippen molar-refractivity contribution in [2.24, 2.45) is 0 Å². The molecule has 0 aliphatic carbocycles. The van der Waals surface area contributed by atoms with Gasteiger partial charge in [-0.05, 0) is 36.2 Å². The van der Waals surface area contributed by atoms with Crippen LogP contribution >= 0.6 is 11.3 Å². The Hall–Kier alpha value is -3.26. The van der Waals surface area contributed by atoms with Crippen LogP contribution in [0.4, 0.5) is 17.2 Å². The third kappa shape index (κ3) is 4.12. The normalized spacial score (nSPS) is 11.2. The SMILES string of the molecule is CC(=O)c1nnc(Nc2cnn(C(C)C)c2)cc1NCc1cccc2ccsc12. The first-order valence-electron chi connectivity index (χ1n) is 9.40. The molecule has 0 aliphatic heterocycles. The number of benzene rings is 1. The molecule has 4 aromatic rings. The molecule has 0 amide bonds. The topological polar surface area (TPSA) is 84.7 Å². The Bertz CT molecular complexity index is 1160. The zero-order chi connectivity index (χ0) is 20.4. The highest BCUT2D eigenvalue weighted by molar-refractivity contribution is 7.17. The summed E-state index contributed by atoms with van der Waals surface area (Å²) in [6, 6.07) is 10.4. The molecule has 0 saturated carbocycles. The van der Waals surface area contributed by atoms with E-state index >= 15 is 0 Å². The number of hydrogen-bond acceptors (Lipinski definition) is 7. The van der Waals surface area contributed by atoms with Gasteiger partial charge in [0.25, 0.3) is 0 Å². The van der Waals surface area contributed by atoms with Gasteiger partial charge in [-0.15, -0.1) is 21.5 Å². The van der Waals surface area contributed by atoms with Gasteiger partial charge in [-0.25, -0.2) is 0 Å². The lowest BCUT2D eigenvalue weighted by Gasteiger charge is -2.12. The number of nitrogens with one attached hydrogen (secondary N) is 2. The summed E-state index contributed by atoms with van der Waals surface area (Å²) in [4.78, 5) is 12.0. The van der Waals surface area contributed by atoms with Crippen molar-refractivity contribution in [3.8, 4) is 0 Å². The quantitative estimate of drug-likeness (QED) is 0.419. The molecule has 7 nitrogen and oxygen atoms in total. The summed E-state index contributed by atoms with van der Waals surface area (Å²) in [7, 11) is 0. The van der Waals surface area contributed by atoms with Crippen LogP contribution in [0.15, 0.2) is 48.1 Å². The number of carbonyl (C=O) groups excluding carboxylic acids is 1. The Kier molecular flexibility index (Phi) is 5.26. The largest absolute Gasteiger partial charge is 0.379 e. The number of aromatic nitrogens is 4. The fourth-order valence-electron chi connectivity index (χ4n) is 3.07. The van der Waals surface area contributed by atoms with Crippen LogP contribution in [0.5, 0.6) is 0 Å². The van der Waals surface area contributed by atoms with Crippen LogP contribution in [-0.2, 0) is 6.54 Å². The first-order valence-corrected chi connectivity index (χ1v) is 10.3. The Morgan fingerprint density at radius 1 is 1.24 bits per heavy atom. The zero-order valence-electron chi connectivity index (χ0n) is 16.5. The van der Waals surface area contributed by atoms with E-state index in [1.165, 1.54) is 22.6 Å². The van der Waals surface area contributed by atoms with Crippen LogP contribution < -0.4 is 10.6 Å². The van der Waals surface area contributed by atoms with Crippen molar-refractivity contribution in [1.29, 1.82) is 0 Å². The number of fused-ring (bicyclic) bond motifs is 1. The van der Waals surface area contributed by atoms with Gasteiger partial charge in [-0.2, -0.15) is 5.10 Å². The average Bonchev–Trinajstić information content (AvgIpc) is 3.36. The van der Waals surface area contributed by atoms with Crippen molar-refractivity contribution in [3.63, 3.8) is 0 Å². The van der Waals surface area contributed by atoms with Crippen LogP contribution in [0, 0.1) is 0 Å². The third-order valence-electron chi connectivity index (χ3n) is 4.56. The van der Waals surface area contributed by atoms with Crippen LogP contribution in [0.25, 0.3) is 10.1 Å². The molecule has 29 heavy (non-hydrogen) atoms. The molecule has 8 heteroatoms. The van der Waals surface area contributed by atoms with Crippen molar-refractivity contribution >= 4 is 44.4 Å². The molecule has 0 spiro atoms. The molecule has 0 saturated heterocycles. The molecule has 0 radical (unpaired) electrons. The molecule has 148 valence electrons. The minimum Gasteiger partial charge on any atom is -0.379 e. The third-order valence-corrected chi connectivity index (χ3v) is 5.57. The second-order valence-corrected chi connectivity index (χ2v) is 8.00. The fraction of sp³-hybridized carbons (Fsp3) is 0.238. The minimum atomic E-state index is -0.131. The first-order chi connectivity index (χ1) is 14.0. The monoisotopic (exact) mass is 406 g/mol. The first kappa shape index (κ1) is 19.1. The number of Topliss-reactive ketones (excluding diaryl/α,β-unsaturated/α-hetero) is 1. The zero-order valence-corrected chi connectivity index (χ0v) is 17.3. The van der Waals surface area contributed by atoms with E-state index in [4.69, 9.17) is 0 Å². The van der Waals surface area contributed by atoms with Crippen LogP contribution in [0.2, 0.25) is 0 Å². The predicted molar refractivity (Wildman–Crippen MR) is 117 cm³/mol. The minimum absolute atomic E-state index is 0.131. The van der Waals surface area contributed by atoms with Gasteiger partial charge in [0.05, 0.1) is 17.6 Å². The summed E-state index contributed by atoms with van der Waals surface area (Å²) in [6.07, 6.45) is 3.65. The summed E-state index contributed by atoms with van der Waals surface area (Å²) >= 11 is 1.71. The lowest BCUT2D eigenvalue weighted by atomic mass is 10.1. The average molecular weight is 407 g/mol. The van der Waals surface area contributed by atoms with Crippen molar-refractivity contribution in [1.82, 2.24) is 20.0 Å². The van der Waals surface area contributed by atoms with E-state index in [9.17, 15) is 4.79 Å². The lowest BCUT2D eigenvalue weighted by molar-refractivity contribution is 0.101. The second-order valence-electron chi connectivity index (χ2n) is 7.09. The van der Waals surface area contributed by atoms with E-state index in [0.717, 1.165) is 5.69 Å². The van der Waals surface area contributed by atoms with Crippen LogP contribution in [-0.4, -0.2) is 25.8 Å². The fourth-order valence-corrected chi connectivity index (χ4v) is 3.98. The number of anilines is 3. The van der Waals surface area contributed by atoms with Crippen molar-refractivity contribution in [2.45, 2.75) is 33.4 Å². The highest BCUT2D eigenvalue weighted by Gasteiger charge is 2.13. The Morgan fingerprint density at radius 3 is 2.86 bits per heavy atom. The maximum absolute atomic E-state index is 12.0. The van der Waals surface area contributed by atoms with Gasteiger partial charge in [0, 0.05) is 36.5 Å². The maximum Gasteiger partial charge on any atom is 0.182 e. The van der Waals surface area contributed by atoms with Crippen molar-refractivity contribution < 1.29 is 4.79 Å². The lowest BCUT2D eigenvalue weighted by Crippen LogP contribution is -2.10. The molecule has 0 unspecified atom stereocenters. The molecule has 0 fully saturated rings. The van der Waals surface area contributed by atoms with E-state index in [1.54, 1.807) is 17.5 Å². The predicted octanol–water partition coefficient (Wildman–Crippen LogP) is 5.03. The molecule has 4 rings (SSSR count). The number of thiophene rings is 1. The summed E-state index contributed by atoms with van der Waals surface area (Å²) < 4.78 is 3.10. The number of nitrogens with zero attached hydrogens (tertiary/aromatic N) is 4. The number of hydrogen-bond donors (Lipinski definition) is 2. The van der Waals surface area contributed by atoms with Crippen molar-refractivity contribution in [2.75, 3.05) is 10.6 Å². The van der Waals surface area contributed by atoms with E-state index in [-0.39, 0.29) is 11.8 Å². The van der Waals surface area contributed by atoms with E-state index in [1.807, 2.05) is 23.0 Å². The summed E-state index contributed by atoms with van der Waals surface area (Å²) in [6.45, 7) is 6.21. The van der Waals surface area contributed by atoms with E-state index in [2.05, 4.69) is 63.4 Å². The molecular weight excluding hydrogens is 384 g/mol. The number of rotatable bonds is 7. The highest BCUT2D eigenvalue weighted by atomic mass is 32.1. The van der Waals surface area contributed by atoms with Gasteiger partial charge in [-0.3, -0.25) is 9.48 Å². The number of ketones is 1. The van der Waals surface area contributed by atoms with Gasteiger partial charge < -0.3 is 10.6 Å². The van der Waals surface area contributed by atoms with Gasteiger partial charge >= 0.3 is 0 Å². The van der Waals surface area contributed by atoms with Crippen LogP contribution in [0.3, 0.4) is 0 Å². The highest BCUT2D eigenvalue weighted by Crippen LogP contribution is 2.26. The van der Waals surface area contributed by atoms with Crippen LogP contribution in [0.1, 0.15) is 42.9 Å². The number of carbonyl (C=O) groups is 1. The molecule has 1 aromatic carbocycles. The Morgan fingerprint density at radius 2 is 2.10 bits per heavy atom. The van der Waals surface area contributed by atoms with Gasteiger partial charge in [0.2, 0.25) is 0 Å². The summed E-state index contributed by atoms with van der Waals surface area (Å²) in [5.41, 5.74) is 2.97. The molecular formula is C21H22N6OS. The summed E-state index contributed by atoms with van der Waals surface area (Å²) in [5, 5.41) is 22.5. The Balaban J connectivity index is 1.58. The molecule has 0 atom stereocenters. The molecule has 3 aromatic heterocycles. The van der Waals surface area contributed by atoms with Crippen molar-refractivity contribution in [3.05, 3.63) is 59.4 Å². The van der Waals surface area contributed by atoms with Gasteiger partial charge in [-0.1, -0.05) is 18.2 Å². The molecule has 0 bridgehead atoms. The van der Waals surface area contributed by atoms with E-state index in [0.29, 0.717) is 23.7 Å². The summed E-state index contributed by atoms with van der Waals surface area (Å²) in [5.74, 6) is 0.420. The van der Waals surface area contributed by atoms with Gasteiger partial charge in [0.15, 0.2) is 17.3 Å². The maximum atomic E-state index is 12.0. The molecule has 3 heterocycles.